The van der Waals surface area contributed by atoms with Crippen molar-refractivity contribution in [3.8, 4) is 27.9 Å². The van der Waals surface area contributed by atoms with Crippen LogP contribution in [0.25, 0.3) is 77.4 Å². The topological polar surface area (TPSA) is 8.17 Å². The number of anilines is 3. The molecule has 11 aromatic rings. The molecule has 2 heteroatoms. The van der Waals surface area contributed by atoms with Gasteiger partial charge in [0.15, 0.2) is 0 Å². The maximum atomic E-state index is 2.45. The fourth-order valence-corrected chi connectivity index (χ4v) is 10.3. The van der Waals surface area contributed by atoms with Crippen molar-refractivity contribution in [2.75, 3.05) is 4.90 Å². The molecule has 1 aliphatic rings. The van der Waals surface area contributed by atoms with Crippen molar-refractivity contribution in [2.45, 2.75) is 18.8 Å². The van der Waals surface area contributed by atoms with Crippen LogP contribution >= 0.6 is 0 Å². The van der Waals surface area contributed by atoms with Crippen LogP contribution in [-0.2, 0) is 5.41 Å². The van der Waals surface area contributed by atoms with Crippen LogP contribution in [0.1, 0.15) is 30.0 Å². The van der Waals surface area contributed by atoms with E-state index in [1.165, 1.54) is 82.3 Å². The van der Waals surface area contributed by atoms with Crippen LogP contribution in [0.3, 0.4) is 0 Å². The molecule has 0 bridgehead atoms. The Labute approximate surface area is 368 Å². The van der Waals surface area contributed by atoms with Crippen LogP contribution in [0.5, 0.6) is 0 Å². The predicted molar refractivity (Wildman–Crippen MR) is 268 cm³/mol. The van der Waals surface area contributed by atoms with E-state index >= 15 is 0 Å². The van der Waals surface area contributed by atoms with Crippen molar-refractivity contribution in [2.24, 2.45) is 0 Å². The Hall–Kier alpha value is -7.94. The molecule has 298 valence electrons. The molecule has 10 aromatic carbocycles. The Morgan fingerprint density at radius 2 is 1.11 bits per heavy atom. The van der Waals surface area contributed by atoms with Gasteiger partial charge in [-0.2, -0.15) is 0 Å². The lowest BCUT2D eigenvalue weighted by Crippen LogP contribution is -2.25. The van der Waals surface area contributed by atoms with Crippen LogP contribution in [-0.4, -0.2) is 4.57 Å². The van der Waals surface area contributed by atoms with Crippen molar-refractivity contribution < 1.29 is 0 Å². The number of rotatable bonds is 7. The van der Waals surface area contributed by atoms with Gasteiger partial charge in [0.05, 0.1) is 11.0 Å². The number of nitrogens with zero attached hydrogens (tertiary/aromatic N) is 2. The highest BCUT2D eigenvalue weighted by Crippen LogP contribution is 2.46. The van der Waals surface area contributed by atoms with Gasteiger partial charge in [-0.1, -0.05) is 183 Å². The Morgan fingerprint density at radius 1 is 0.460 bits per heavy atom. The second kappa shape index (κ2) is 14.9. The van der Waals surface area contributed by atoms with Gasteiger partial charge in [0.1, 0.15) is 0 Å². The van der Waals surface area contributed by atoms with Crippen molar-refractivity contribution in [3.05, 3.63) is 247 Å². The molecule has 1 unspecified atom stereocenters. The van der Waals surface area contributed by atoms with Crippen LogP contribution in [0.4, 0.5) is 17.1 Å². The zero-order valence-electron chi connectivity index (χ0n) is 35.1. The van der Waals surface area contributed by atoms with E-state index in [0.29, 0.717) is 0 Å². The molecule has 12 rings (SSSR count). The van der Waals surface area contributed by atoms with Gasteiger partial charge >= 0.3 is 0 Å². The molecule has 0 saturated carbocycles. The second-order valence-electron chi connectivity index (χ2n) is 17.1. The fourth-order valence-electron chi connectivity index (χ4n) is 10.3. The summed E-state index contributed by atoms with van der Waals surface area (Å²) in [5, 5.41) is 7.40. The number of hydrogen-bond donors (Lipinski definition) is 0. The van der Waals surface area contributed by atoms with Gasteiger partial charge in [-0.3, -0.25) is 0 Å². The van der Waals surface area contributed by atoms with E-state index in [-0.39, 0.29) is 5.41 Å². The van der Waals surface area contributed by atoms with Crippen molar-refractivity contribution >= 4 is 66.5 Å². The van der Waals surface area contributed by atoms with Crippen LogP contribution in [0.2, 0.25) is 0 Å². The highest BCUT2D eigenvalue weighted by atomic mass is 15.1. The number of hydrogen-bond acceptors (Lipinski definition) is 1. The maximum Gasteiger partial charge on any atom is 0.0625 e. The van der Waals surface area contributed by atoms with Gasteiger partial charge in [0, 0.05) is 44.3 Å². The van der Waals surface area contributed by atoms with E-state index in [0.717, 1.165) is 29.2 Å². The van der Waals surface area contributed by atoms with Crippen molar-refractivity contribution in [3.63, 3.8) is 0 Å². The predicted octanol–water partition coefficient (Wildman–Crippen LogP) is 16.6. The lowest BCUT2D eigenvalue weighted by atomic mass is 9.69. The highest BCUT2D eigenvalue weighted by molar-refractivity contribution is 6.24. The summed E-state index contributed by atoms with van der Waals surface area (Å²) in [4.78, 5) is 2.41. The Morgan fingerprint density at radius 3 is 1.94 bits per heavy atom. The molecule has 63 heavy (non-hydrogen) atoms. The van der Waals surface area contributed by atoms with Crippen LogP contribution < -0.4 is 4.90 Å². The first-order chi connectivity index (χ1) is 31.1. The number of para-hydroxylation sites is 2. The normalized spacial score (nSPS) is 14.7. The molecule has 0 radical (unpaired) electrons. The monoisotopic (exact) mass is 804 g/mol. The number of benzene rings is 10. The average Bonchev–Trinajstić information content (AvgIpc) is 3.70. The summed E-state index contributed by atoms with van der Waals surface area (Å²) in [6.07, 6.45) is 5.57. The molecule has 0 amide bonds. The smallest absolute Gasteiger partial charge is 0.0625 e. The number of aromatic nitrogens is 1. The van der Waals surface area contributed by atoms with E-state index < -0.39 is 0 Å². The van der Waals surface area contributed by atoms with Gasteiger partial charge in [-0.05, 0) is 122 Å². The molecular weight excluding hydrogens is 761 g/mol. The lowest BCUT2D eigenvalue weighted by Gasteiger charge is -2.34. The van der Waals surface area contributed by atoms with E-state index in [2.05, 4.69) is 253 Å². The average molecular weight is 805 g/mol. The van der Waals surface area contributed by atoms with Gasteiger partial charge in [0.25, 0.3) is 0 Å². The van der Waals surface area contributed by atoms with Crippen LogP contribution in [0, 0.1) is 0 Å². The SMILES string of the molecule is CC1(c2ccc(-c3ccc(N(c4cccc(-c5cc6ccccc6c6c5c5ccccc5n6-c5ccccc5)c4)c4ccc5ccccc5c4)cc3)cc2)CC=Cc2ccccc21. The first-order valence-corrected chi connectivity index (χ1v) is 22.0. The summed E-state index contributed by atoms with van der Waals surface area (Å²) in [6.45, 7) is 2.38. The molecule has 1 aromatic heterocycles. The Balaban J connectivity index is 0.985. The maximum absolute atomic E-state index is 2.45. The zero-order chi connectivity index (χ0) is 41.9. The zero-order valence-corrected chi connectivity index (χ0v) is 35.1. The largest absolute Gasteiger partial charge is 0.310 e. The number of allylic oxidation sites excluding steroid dienone is 1. The second-order valence-corrected chi connectivity index (χ2v) is 17.1. The molecule has 0 aliphatic heterocycles. The van der Waals surface area contributed by atoms with E-state index in [9.17, 15) is 0 Å². The van der Waals surface area contributed by atoms with Gasteiger partial charge < -0.3 is 9.47 Å². The Kier molecular flexibility index (Phi) is 8.72. The summed E-state index contributed by atoms with van der Waals surface area (Å²) >= 11 is 0. The summed E-state index contributed by atoms with van der Waals surface area (Å²) in [6, 6.07) is 82.5. The summed E-state index contributed by atoms with van der Waals surface area (Å²) in [7, 11) is 0. The first kappa shape index (κ1) is 36.9. The quantitative estimate of drug-likeness (QED) is 0.156. The summed E-state index contributed by atoms with van der Waals surface area (Å²) in [5.74, 6) is 0. The lowest BCUT2D eigenvalue weighted by molar-refractivity contribution is 0.575. The van der Waals surface area contributed by atoms with Gasteiger partial charge in [0.2, 0.25) is 0 Å². The molecule has 1 heterocycles. The number of fused-ring (bicyclic) bond motifs is 7. The van der Waals surface area contributed by atoms with Crippen molar-refractivity contribution in [1.29, 1.82) is 0 Å². The van der Waals surface area contributed by atoms with Gasteiger partial charge in [-0.15, -0.1) is 0 Å². The molecule has 0 saturated heterocycles. The van der Waals surface area contributed by atoms with E-state index in [1.807, 2.05) is 0 Å². The van der Waals surface area contributed by atoms with E-state index in [4.69, 9.17) is 0 Å². The third kappa shape index (κ3) is 6.17. The third-order valence-corrected chi connectivity index (χ3v) is 13.4. The summed E-state index contributed by atoms with van der Waals surface area (Å²) < 4.78 is 2.45. The molecule has 1 atom stereocenters. The Bertz CT molecular complexity index is 3540. The van der Waals surface area contributed by atoms with Crippen LogP contribution in [0.15, 0.2) is 231 Å². The fraction of sp³-hybridized carbons (Fsp3) is 0.0492. The van der Waals surface area contributed by atoms with Crippen molar-refractivity contribution in [1.82, 2.24) is 4.57 Å². The molecular formula is C61H44N2. The molecule has 1 aliphatic carbocycles. The van der Waals surface area contributed by atoms with Gasteiger partial charge in [-0.25, -0.2) is 0 Å². The first-order valence-electron chi connectivity index (χ1n) is 22.0. The molecule has 0 spiro atoms. The standard InChI is InChI=1S/C61H44N2/c1-61(38-14-20-45-16-8-11-26-57(45)61)49-33-28-43(29-34-49)44-30-35-51(36-31-44)62(53-37-32-42-15-5-6-17-46(42)39-53)52-23-13-19-47(40-52)56-41-48-18-7-9-24-54(48)60-59(56)55-25-10-12-27-58(55)63(60)50-21-3-2-4-22-50/h2-37,39-41H,38H2,1H3. The van der Waals surface area contributed by atoms with E-state index in [1.54, 1.807) is 0 Å². The minimum atomic E-state index is -0.0553. The summed E-state index contributed by atoms with van der Waals surface area (Å²) in [5.41, 5.74) is 15.7. The minimum Gasteiger partial charge on any atom is -0.310 e. The molecule has 0 fully saturated rings. The molecule has 2 nitrogen and oxygen atoms in total. The minimum absolute atomic E-state index is 0.0553. The third-order valence-electron chi connectivity index (χ3n) is 13.4. The molecule has 0 N–H and O–H groups in total. The highest BCUT2D eigenvalue weighted by Gasteiger charge is 2.31.